The maximum atomic E-state index is 11.0. The maximum Gasteiger partial charge on any atom is 0.248 e. The third-order valence-electron chi connectivity index (χ3n) is 2.80. The highest BCUT2D eigenvalue weighted by Gasteiger charge is 2.05. The second-order valence-electron chi connectivity index (χ2n) is 4.38. The Morgan fingerprint density at radius 3 is 2.56 bits per heavy atom. The van der Waals surface area contributed by atoms with Crippen LogP contribution in [0.3, 0.4) is 0 Å². The molecule has 1 amide bonds. The molecule has 1 aromatic carbocycles. The zero-order valence-electron chi connectivity index (χ0n) is 10.9. The van der Waals surface area contributed by atoms with E-state index in [2.05, 4.69) is 6.92 Å². The monoisotopic (exact) mass is 250 g/mol. The van der Waals surface area contributed by atoms with Gasteiger partial charge in [0, 0.05) is 5.56 Å². The number of carbonyl (C=O) groups excluding carboxylic acids is 1. The van der Waals surface area contributed by atoms with Crippen LogP contribution in [0.15, 0.2) is 18.2 Å². The third kappa shape index (κ3) is 4.65. The molecule has 0 aliphatic rings. The Kier molecular flexibility index (Phi) is 6.05. The Bertz CT molecular complexity index is 391. The molecule has 0 bridgehead atoms. The van der Waals surface area contributed by atoms with Crippen LogP contribution >= 0.6 is 0 Å². The van der Waals surface area contributed by atoms with Gasteiger partial charge in [-0.15, -0.1) is 0 Å². The highest BCUT2D eigenvalue weighted by molar-refractivity contribution is 5.94. The van der Waals surface area contributed by atoms with E-state index in [1.54, 1.807) is 18.2 Å². The fourth-order valence-electron chi connectivity index (χ4n) is 1.72. The van der Waals surface area contributed by atoms with Gasteiger partial charge in [0.1, 0.15) is 5.75 Å². The lowest BCUT2D eigenvalue weighted by Gasteiger charge is -2.09. The first-order valence-corrected chi connectivity index (χ1v) is 6.47. The Balaban J connectivity index is 2.36. The average Bonchev–Trinajstić information content (AvgIpc) is 2.35. The molecule has 4 N–H and O–H groups in total. The summed E-state index contributed by atoms with van der Waals surface area (Å²) in [5.41, 5.74) is 11.8. The molecule has 0 atom stereocenters. The van der Waals surface area contributed by atoms with Gasteiger partial charge in [-0.3, -0.25) is 4.79 Å². The van der Waals surface area contributed by atoms with E-state index >= 15 is 0 Å². The number of hydrogen-bond acceptors (Lipinski definition) is 3. The van der Waals surface area contributed by atoms with Crippen molar-refractivity contribution in [2.75, 3.05) is 12.3 Å². The molecule has 0 aromatic heterocycles. The van der Waals surface area contributed by atoms with Crippen molar-refractivity contribution in [3.8, 4) is 5.75 Å². The summed E-state index contributed by atoms with van der Waals surface area (Å²) < 4.78 is 5.57. The summed E-state index contributed by atoms with van der Waals surface area (Å²) in [6, 6.07) is 4.88. The highest BCUT2D eigenvalue weighted by atomic mass is 16.5. The van der Waals surface area contributed by atoms with Gasteiger partial charge in [-0.1, -0.05) is 32.6 Å². The molecule has 0 heterocycles. The van der Waals surface area contributed by atoms with Gasteiger partial charge in [0.15, 0.2) is 0 Å². The van der Waals surface area contributed by atoms with Crippen molar-refractivity contribution < 1.29 is 9.53 Å². The molecule has 4 heteroatoms. The molecule has 1 rings (SSSR count). The fourth-order valence-corrected chi connectivity index (χ4v) is 1.72. The summed E-state index contributed by atoms with van der Waals surface area (Å²) in [6.45, 7) is 2.85. The number of hydrogen-bond donors (Lipinski definition) is 2. The number of carbonyl (C=O) groups is 1. The fraction of sp³-hybridized carbons (Fsp3) is 0.500. The molecular weight excluding hydrogens is 228 g/mol. The van der Waals surface area contributed by atoms with Gasteiger partial charge in [0.25, 0.3) is 0 Å². The summed E-state index contributed by atoms with van der Waals surface area (Å²) in [5.74, 6) is 0.142. The maximum absolute atomic E-state index is 11.0. The zero-order valence-corrected chi connectivity index (χ0v) is 10.9. The van der Waals surface area contributed by atoms with E-state index in [1.165, 1.54) is 25.7 Å². The number of nitrogens with two attached hydrogens (primary N) is 2. The second-order valence-corrected chi connectivity index (χ2v) is 4.38. The Morgan fingerprint density at radius 1 is 1.22 bits per heavy atom. The zero-order chi connectivity index (χ0) is 13.4. The summed E-state index contributed by atoms with van der Waals surface area (Å²) in [5, 5.41) is 0. The molecule has 4 nitrogen and oxygen atoms in total. The minimum atomic E-state index is -0.479. The van der Waals surface area contributed by atoms with Gasteiger partial charge in [-0.2, -0.15) is 0 Å². The van der Waals surface area contributed by atoms with Gasteiger partial charge in [0.05, 0.1) is 12.3 Å². The van der Waals surface area contributed by atoms with Crippen LogP contribution in [0.1, 0.15) is 49.4 Å². The van der Waals surface area contributed by atoms with E-state index in [-0.39, 0.29) is 0 Å². The Morgan fingerprint density at radius 2 is 1.94 bits per heavy atom. The quantitative estimate of drug-likeness (QED) is 0.550. The number of rotatable bonds is 8. The van der Waals surface area contributed by atoms with Crippen LogP contribution < -0.4 is 16.2 Å². The van der Waals surface area contributed by atoms with Gasteiger partial charge in [0.2, 0.25) is 5.91 Å². The normalized spacial score (nSPS) is 10.3. The van der Waals surface area contributed by atoms with E-state index in [0.29, 0.717) is 23.6 Å². The van der Waals surface area contributed by atoms with E-state index in [1.807, 2.05) is 0 Å². The summed E-state index contributed by atoms with van der Waals surface area (Å²) in [7, 11) is 0. The first kappa shape index (κ1) is 14.4. The Labute approximate surface area is 108 Å². The second kappa shape index (κ2) is 7.58. The molecule has 0 aliphatic carbocycles. The van der Waals surface area contributed by atoms with Crippen LogP contribution in [-0.4, -0.2) is 12.5 Å². The number of amides is 1. The number of nitrogen functional groups attached to an aromatic ring is 1. The molecule has 0 saturated heterocycles. The van der Waals surface area contributed by atoms with Crippen molar-refractivity contribution in [3.63, 3.8) is 0 Å². The number of unbranched alkanes of at least 4 members (excludes halogenated alkanes) is 4. The lowest BCUT2D eigenvalue weighted by atomic mass is 10.1. The smallest absolute Gasteiger partial charge is 0.248 e. The van der Waals surface area contributed by atoms with Gasteiger partial charge < -0.3 is 16.2 Å². The SMILES string of the molecule is CCCCCCCOc1ccc(C(N)=O)cc1N. The van der Waals surface area contributed by atoms with Crippen LogP contribution in [0.4, 0.5) is 5.69 Å². The number of ether oxygens (including phenoxy) is 1. The minimum Gasteiger partial charge on any atom is -0.491 e. The summed E-state index contributed by atoms with van der Waals surface area (Å²) in [4.78, 5) is 11.0. The predicted octanol–water partition coefficient (Wildman–Crippen LogP) is 2.72. The first-order chi connectivity index (χ1) is 8.65. The van der Waals surface area contributed by atoms with Crippen LogP contribution in [0.5, 0.6) is 5.75 Å². The van der Waals surface area contributed by atoms with Gasteiger partial charge in [-0.25, -0.2) is 0 Å². The molecule has 0 saturated carbocycles. The number of anilines is 1. The standard InChI is InChI=1S/C14H22N2O2/c1-2-3-4-5-6-9-18-13-8-7-11(14(16)17)10-12(13)15/h7-8,10H,2-6,9,15H2,1H3,(H2,16,17). The van der Waals surface area contributed by atoms with E-state index in [0.717, 1.165) is 6.42 Å². The predicted molar refractivity (Wildman–Crippen MR) is 73.6 cm³/mol. The third-order valence-corrected chi connectivity index (χ3v) is 2.80. The molecule has 0 aliphatic heterocycles. The number of benzene rings is 1. The minimum absolute atomic E-state index is 0.405. The topological polar surface area (TPSA) is 78.3 Å². The van der Waals surface area contributed by atoms with Gasteiger partial charge in [-0.05, 0) is 24.6 Å². The molecule has 100 valence electrons. The molecule has 18 heavy (non-hydrogen) atoms. The molecular formula is C14H22N2O2. The van der Waals surface area contributed by atoms with Crippen molar-refractivity contribution in [1.29, 1.82) is 0 Å². The Hall–Kier alpha value is -1.71. The van der Waals surface area contributed by atoms with Crippen molar-refractivity contribution in [3.05, 3.63) is 23.8 Å². The molecule has 0 spiro atoms. The van der Waals surface area contributed by atoms with Crippen molar-refractivity contribution in [2.24, 2.45) is 5.73 Å². The van der Waals surface area contributed by atoms with Crippen LogP contribution in [0.2, 0.25) is 0 Å². The van der Waals surface area contributed by atoms with E-state index < -0.39 is 5.91 Å². The van der Waals surface area contributed by atoms with Crippen LogP contribution in [-0.2, 0) is 0 Å². The molecule has 1 aromatic rings. The van der Waals surface area contributed by atoms with Crippen LogP contribution in [0.25, 0.3) is 0 Å². The lowest BCUT2D eigenvalue weighted by molar-refractivity contribution is 0.100. The summed E-state index contributed by atoms with van der Waals surface area (Å²) >= 11 is 0. The van der Waals surface area contributed by atoms with Crippen LogP contribution in [0, 0.1) is 0 Å². The van der Waals surface area contributed by atoms with Crippen molar-refractivity contribution in [1.82, 2.24) is 0 Å². The van der Waals surface area contributed by atoms with E-state index in [4.69, 9.17) is 16.2 Å². The van der Waals surface area contributed by atoms with Crippen molar-refractivity contribution >= 4 is 11.6 Å². The average molecular weight is 250 g/mol. The number of primary amides is 1. The highest BCUT2D eigenvalue weighted by Crippen LogP contribution is 2.22. The molecule has 0 unspecified atom stereocenters. The lowest BCUT2D eigenvalue weighted by Crippen LogP contribution is -2.11. The molecule has 0 radical (unpaired) electrons. The first-order valence-electron chi connectivity index (χ1n) is 6.47. The van der Waals surface area contributed by atoms with Gasteiger partial charge >= 0.3 is 0 Å². The summed E-state index contributed by atoms with van der Waals surface area (Å²) in [6.07, 6.45) is 5.96. The van der Waals surface area contributed by atoms with Crippen molar-refractivity contribution in [2.45, 2.75) is 39.0 Å². The van der Waals surface area contributed by atoms with E-state index in [9.17, 15) is 4.79 Å². The largest absolute Gasteiger partial charge is 0.491 e. The molecule has 0 fully saturated rings.